The average molecular weight is 875 g/mol. The second kappa shape index (κ2) is 14.5. The summed E-state index contributed by atoms with van der Waals surface area (Å²) in [5.41, 5.74) is 19.2. The lowest BCUT2D eigenvalue weighted by atomic mass is 9.70. The number of rotatable bonds is 5. The largest absolute Gasteiger partial charge is 0.310 e. The Morgan fingerprint density at radius 2 is 0.783 bits per heavy atom. The highest BCUT2D eigenvalue weighted by molar-refractivity contribution is 6.26. The first kappa shape index (κ1) is 38.2. The van der Waals surface area contributed by atoms with Crippen molar-refractivity contribution >= 4 is 71.2 Å². The Morgan fingerprint density at radius 1 is 0.304 bits per heavy atom. The van der Waals surface area contributed by atoms with Crippen molar-refractivity contribution in [1.82, 2.24) is 4.57 Å². The first-order chi connectivity index (χ1) is 34.3. The molecular weight excluding hydrogens is 833 g/mol. The summed E-state index contributed by atoms with van der Waals surface area (Å²) in [5.74, 6) is 0. The van der Waals surface area contributed by atoms with Crippen molar-refractivity contribution in [3.63, 3.8) is 0 Å². The first-order valence-corrected chi connectivity index (χ1v) is 24.0. The van der Waals surface area contributed by atoms with E-state index in [0.717, 1.165) is 22.7 Å². The molecule has 0 aliphatic heterocycles. The number of para-hydroxylation sites is 2. The molecule has 0 N–H and O–H groups in total. The predicted molar refractivity (Wildman–Crippen MR) is 290 cm³/mol. The third-order valence-corrected chi connectivity index (χ3v) is 15.3. The highest BCUT2D eigenvalue weighted by atomic mass is 15.1. The van der Waals surface area contributed by atoms with Crippen molar-refractivity contribution in [1.29, 1.82) is 0 Å². The summed E-state index contributed by atoms with van der Waals surface area (Å²) < 4.78 is 2.41. The topological polar surface area (TPSA) is 8.17 Å². The highest BCUT2D eigenvalue weighted by Gasteiger charge is 2.53. The van der Waals surface area contributed by atoms with Crippen molar-refractivity contribution in [2.75, 3.05) is 4.90 Å². The van der Waals surface area contributed by atoms with Crippen LogP contribution in [0.3, 0.4) is 0 Å². The van der Waals surface area contributed by atoms with Gasteiger partial charge < -0.3 is 9.47 Å². The quantitative estimate of drug-likeness (QED) is 0.156. The number of hydrogen-bond acceptors (Lipinski definition) is 1. The van der Waals surface area contributed by atoms with Gasteiger partial charge in [-0.25, -0.2) is 0 Å². The molecular formula is C67H42N2. The standard InChI is InChI=1S/C67H42N2/c1-2-20-44(21-3-1)69-62-36-15-11-30-57(62)65-47(31-17-37-63(65)69)43-19-16-22-45(41-43)68(46-39-40-52-50-25-5-4-23-48(50)49-24-6-7-26-51(49)58(52)42-46)64-38-18-32-56-55-29-10-14-35-61(55)67(66(56)64)59-33-12-8-27-53(59)54-28-9-13-34-60(54)67/h1-42H. The van der Waals surface area contributed by atoms with Gasteiger partial charge in [0.05, 0.1) is 22.1 Å². The van der Waals surface area contributed by atoms with Gasteiger partial charge in [0.15, 0.2) is 0 Å². The molecule has 0 saturated heterocycles. The Morgan fingerprint density at radius 3 is 1.46 bits per heavy atom. The number of nitrogens with zero attached hydrogens (tertiary/aromatic N) is 2. The molecule has 69 heavy (non-hydrogen) atoms. The monoisotopic (exact) mass is 874 g/mol. The van der Waals surface area contributed by atoms with E-state index in [1.54, 1.807) is 0 Å². The van der Waals surface area contributed by atoms with Crippen LogP contribution < -0.4 is 4.90 Å². The van der Waals surface area contributed by atoms with E-state index in [1.807, 2.05) is 0 Å². The molecule has 12 aromatic carbocycles. The van der Waals surface area contributed by atoms with E-state index in [0.29, 0.717) is 0 Å². The van der Waals surface area contributed by atoms with Gasteiger partial charge in [-0.3, -0.25) is 0 Å². The van der Waals surface area contributed by atoms with E-state index in [2.05, 4.69) is 264 Å². The van der Waals surface area contributed by atoms with Gasteiger partial charge in [0.1, 0.15) is 0 Å². The van der Waals surface area contributed by atoms with Crippen LogP contribution in [0.15, 0.2) is 255 Å². The summed E-state index contributed by atoms with van der Waals surface area (Å²) in [5, 5.41) is 10.0. The number of benzene rings is 12. The third-order valence-electron chi connectivity index (χ3n) is 15.3. The molecule has 0 fully saturated rings. The minimum atomic E-state index is -0.545. The minimum absolute atomic E-state index is 0.545. The summed E-state index contributed by atoms with van der Waals surface area (Å²) in [6, 6.07) is 95.0. The van der Waals surface area contributed by atoms with E-state index in [-0.39, 0.29) is 0 Å². The van der Waals surface area contributed by atoms with Crippen molar-refractivity contribution in [3.05, 3.63) is 277 Å². The van der Waals surface area contributed by atoms with Crippen LogP contribution in [0, 0.1) is 0 Å². The van der Waals surface area contributed by atoms with Crippen LogP contribution in [0.5, 0.6) is 0 Å². The number of aromatic nitrogens is 1. The molecule has 1 aromatic heterocycles. The van der Waals surface area contributed by atoms with Gasteiger partial charge >= 0.3 is 0 Å². The summed E-state index contributed by atoms with van der Waals surface area (Å²) in [6.07, 6.45) is 0. The highest BCUT2D eigenvalue weighted by Crippen LogP contribution is 2.65. The smallest absolute Gasteiger partial charge is 0.0746 e. The van der Waals surface area contributed by atoms with Gasteiger partial charge in [-0.15, -0.1) is 0 Å². The lowest BCUT2D eigenvalue weighted by Crippen LogP contribution is -2.28. The van der Waals surface area contributed by atoms with Crippen LogP contribution in [-0.2, 0) is 5.41 Å². The maximum Gasteiger partial charge on any atom is 0.0746 e. The lowest BCUT2D eigenvalue weighted by Gasteiger charge is -2.36. The van der Waals surface area contributed by atoms with Gasteiger partial charge in [-0.1, -0.05) is 200 Å². The maximum atomic E-state index is 2.57. The molecule has 2 aliphatic rings. The van der Waals surface area contributed by atoms with Gasteiger partial charge in [-0.2, -0.15) is 0 Å². The zero-order chi connectivity index (χ0) is 45.2. The molecule has 1 heterocycles. The summed E-state index contributed by atoms with van der Waals surface area (Å²) in [7, 11) is 0. The number of anilines is 3. The molecule has 0 unspecified atom stereocenters. The Kier molecular flexibility index (Phi) is 8.02. The maximum absolute atomic E-state index is 2.57. The van der Waals surface area contributed by atoms with E-state index in [1.165, 1.54) is 110 Å². The second-order valence-electron chi connectivity index (χ2n) is 18.7. The Hall–Kier alpha value is -8.98. The van der Waals surface area contributed by atoms with Crippen molar-refractivity contribution in [2.45, 2.75) is 5.41 Å². The molecule has 320 valence electrons. The van der Waals surface area contributed by atoms with E-state index < -0.39 is 5.41 Å². The van der Waals surface area contributed by atoms with Gasteiger partial charge in [0.25, 0.3) is 0 Å². The van der Waals surface area contributed by atoms with Crippen LogP contribution in [0.1, 0.15) is 22.3 Å². The Labute approximate surface area is 400 Å². The van der Waals surface area contributed by atoms with E-state index >= 15 is 0 Å². The normalized spacial score (nSPS) is 13.0. The third kappa shape index (κ3) is 5.20. The number of fused-ring (bicyclic) bond motifs is 19. The Balaban J connectivity index is 1.04. The van der Waals surface area contributed by atoms with Crippen LogP contribution in [0.2, 0.25) is 0 Å². The molecule has 2 heteroatoms. The van der Waals surface area contributed by atoms with Crippen LogP contribution in [0.4, 0.5) is 17.1 Å². The predicted octanol–water partition coefficient (Wildman–Crippen LogP) is 17.7. The van der Waals surface area contributed by atoms with Crippen LogP contribution >= 0.6 is 0 Å². The lowest BCUT2D eigenvalue weighted by molar-refractivity contribution is 0.793. The van der Waals surface area contributed by atoms with Crippen molar-refractivity contribution in [2.24, 2.45) is 0 Å². The molecule has 0 atom stereocenters. The van der Waals surface area contributed by atoms with Gasteiger partial charge in [0.2, 0.25) is 0 Å². The summed E-state index contributed by atoms with van der Waals surface area (Å²) in [6.45, 7) is 0. The summed E-state index contributed by atoms with van der Waals surface area (Å²) >= 11 is 0. The fourth-order valence-corrected chi connectivity index (χ4v) is 12.7. The molecule has 15 rings (SSSR count). The molecule has 13 aromatic rings. The van der Waals surface area contributed by atoms with E-state index in [4.69, 9.17) is 0 Å². The molecule has 0 saturated carbocycles. The molecule has 0 amide bonds. The molecule has 0 bridgehead atoms. The second-order valence-corrected chi connectivity index (χ2v) is 18.7. The fraction of sp³-hybridized carbons (Fsp3) is 0.0149. The molecule has 2 aliphatic carbocycles. The Bertz CT molecular complexity index is 4170. The zero-order valence-electron chi connectivity index (χ0n) is 37.6. The summed E-state index contributed by atoms with van der Waals surface area (Å²) in [4.78, 5) is 2.57. The van der Waals surface area contributed by atoms with E-state index in [9.17, 15) is 0 Å². The first-order valence-electron chi connectivity index (χ1n) is 24.0. The molecule has 1 spiro atoms. The zero-order valence-corrected chi connectivity index (χ0v) is 37.6. The molecule has 2 nitrogen and oxygen atoms in total. The average Bonchev–Trinajstić information content (AvgIpc) is 4.04. The minimum Gasteiger partial charge on any atom is -0.310 e. The SMILES string of the molecule is c1ccc(-n2c3ccccc3c3c(-c4cccc(N(c5ccc6c7ccccc7c7ccccc7c6c5)c5cccc6c5C5(c7ccccc7-c7ccccc75)c5ccccc5-6)c4)cccc32)cc1. The van der Waals surface area contributed by atoms with Crippen molar-refractivity contribution in [3.8, 4) is 39.1 Å². The number of hydrogen-bond donors (Lipinski definition) is 0. The van der Waals surface area contributed by atoms with Gasteiger partial charge in [-0.05, 0) is 137 Å². The fourth-order valence-electron chi connectivity index (χ4n) is 12.7. The van der Waals surface area contributed by atoms with Crippen LogP contribution in [-0.4, -0.2) is 4.57 Å². The van der Waals surface area contributed by atoms with Crippen LogP contribution in [0.25, 0.3) is 93.2 Å². The van der Waals surface area contributed by atoms with Crippen molar-refractivity contribution < 1.29 is 0 Å². The molecule has 0 radical (unpaired) electrons. The van der Waals surface area contributed by atoms with Gasteiger partial charge in [0, 0.05) is 33.4 Å².